The summed E-state index contributed by atoms with van der Waals surface area (Å²) in [5.74, 6) is 7.73. The van der Waals surface area contributed by atoms with Gasteiger partial charge in [-0.25, -0.2) is 0 Å². The number of hydrogen-bond acceptors (Lipinski definition) is 1. The molecule has 0 aliphatic heterocycles. The molecule has 0 radical (unpaired) electrons. The molecular formula is C26H38O. The van der Waals surface area contributed by atoms with Crippen LogP contribution in [0.1, 0.15) is 91.4 Å². The van der Waals surface area contributed by atoms with Gasteiger partial charge in [0.15, 0.2) is 0 Å². The van der Waals surface area contributed by atoms with Crippen LogP contribution in [0.25, 0.3) is 0 Å². The highest BCUT2D eigenvalue weighted by atomic mass is 16.3. The molecule has 148 valence electrons. The fraction of sp³-hybridized carbons (Fsp3) is 0.692. The van der Waals surface area contributed by atoms with Crippen LogP contribution in [0.4, 0.5) is 0 Å². The van der Waals surface area contributed by atoms with Gasteiger partial charge in [-0.05, 0) is 101 Å². The molecule has 0 aromatic rings. The van der Waals surface area contributed by atoms with Crippen LogP contribution in [0.5, 0.6) is 0 Å². The number of aliphatic hydroxyl groups is 1. The number of allylic oxidation sites excluding steroid dienone is 5. The van der Waals surface area contributed by atoms with Crippen LogP contribution in [-0.2, 0) is 0 Å². The van der Waals surface area contributed by atoms with Crippen molar-refractivity contribution in [3.63, 3.8) is 0 Å². The second-order valence-electron chi connectivity index (χ2n) is 9.83. The Morgan fingerprint density at radius 1 is 1.15 bits per heavy atom. The number of hydrogen-bond donors (Lipinski definition) is 1. The summed E-state index contributed by atoms with van der Waals surface area (Å²) < 4.78 is 0. The van der Waals surface area contributed by atoms with E-state index < -0.39 is 5.60 Å². The molecule has 3 aliphatic carbocycles. The Bertz CT molecular complexity index is 675. The summed E-state index contributed by atoms with van der Waals surface area (Å²) in [4.78, 5) is 0. The first-order chi connectivity index (χ1) is 12.8. The van der Waals surface area contributed by atoms with E-state index in [2.05, 4.69) is 37.5 Å². The van der Waals surface area contributed by atoms with Gasteiger partial charge < -0.3 is 5.11 Å². The van der Waals surface area contributed by atoms with E-state index in [1.165, 1.54) is 75.4 Å². The van der Waals surface area contributed by atoms with Crippen LogP contribution in [0.3, 0.4) is 0 Å². The highest BCUT2D eigenvalue weighted by Gasteiger charge is 2.48. The van der Waals surface area contributed by atoms with E-state index >= 15 is 0 Å². The molecule has 3 fully saturated rings. The van der Waals surface area contributed by atoms with E-state index in [0.29, 0.717) is 5.41 Å². The van der Waals surface area contributed by atoms with Crippen LogP contribution < -0.4 is 0 Å². The van der Waals surface area contributed by atoms with Gasteiger partial charge in [0.2, 0.25) is 0 Å². The predicted octanol–water partition coefficient (Wildman–Crippen LogP) is 6.74. The third kappa shape index (κ3) is 4.97. The van der Waals surface area contributed by atoms with E-state index in [0.717, 1.165) is 18.3 Å². The third-order valence-electron chi connectivity index (χ3n) is 7.30. The summed E-state index contributed by atoms with van der Waals surface area (Å²) in [6, 6.07) is 0. The van der Waals surface area contributed by atoms with E-state index in [4.69, 9.17) is 0 Å². The Morgan fingerprint density at radius 2 is 1.93 bits per heavy atom. The Morgan fingerprint density at radius 3 is 2.67 bits per heavy atom. The zero-order valence-corrected chi connectivity index (χ0v) is 17.7. The molecule has 27 heavy (non-hydrogen) atoms. The second kappa shape index (κ2) is 8.40. The lowest BCUT2D eigenvalue weighted by Crippen LogP contribution is -2.33. The average Bonchev–Trinajstić information content (AvgIpc) is 2.94. The fourth-order valence-electron chi connectivity index (χ4n) is 5.75. The molecule has 3 unspecified atom stereocenters. The van der Waals surface area contributed by atoms with Gasteiger partial charge in [0, 0.05) is 6.42 Å². The van der Waals surface area contributed by atoms with E-state index in [1.54, 1.807) is 19.4 Å². The van der Waals surface area contributed by atoms with Crippen molar-refractivity contribution in [1.82, 2.24) is 0 Å². The molecule has 0 aromatic carbocycles. The van der Waals surface area contributed by atoms with Crippen molar-refractivity contribution in [2.45, 2.75) is 97.0 Å². The molecule has 0 bridgehead atoms. The molecule has 1 nitrogen and oxygen atoms in total. The van der Waals surface area contributed by atoms with Crippen molar-refractivity contribution in [3.05, 3.63) is 35.5 Å². The maximum absolute atomic E-state index is 9.77. The van der Waals surface area contributed by atoms with Crippen LogP contribution in [0, 0.1) is 29.1 Å². The summed E-state index contributed by atoms with van der Waals surface area (Å²) >= 11 is 0. The number of fused-ring (bicyclic) bond motifs is 1. The lowest BCUT2D eigenvalue weighted by Gasteiger charge is -2.42. The van der Waals surface area contributed by atoms with Gasteiger partial charge in [0.05, 0.1) is 0 Å². The van der Waals surface area contributed by atoms with Crippen molar-refractivity contribution in [1.29, 1.82) is 0 Å². The molecule has 0 saturated heterocycles. The minimum atomic E-state index is -0.862. The van der Waals surface area contributed by atoms with Crippen molar-refractivity contribution < 1.29 is 5.11 Å². The normalized spacial score (nSPS) is 34.4. The predicted molar refractivity (Wildman–Crippen MR) is 115 cm³/mol. The third-order valence-corrected chi connectivity index (χ3v) is 7.30. The van der Waals surface area contributed by atoms with E-state index in [9.17, 15) is 5.11 Å². The fourth-order valence-corrected chi connectivity index (χ4v) is 5.75. The zero-order valence-electron chi connectivity index (χ0n) is 17.7. The van der Waals surface area contributed by atoms with Crippen molar-refractivity contribution >= 4 is 0 Å². The average molecular weight is 367 g/mol. The zero-order chi connectivity index (χ0) is 19.5. The summed E-state index contributed by atoms with van der Waals surface area (Å²) in [7, 11) is 0. The molecule has 0 amide bonds. The van der Waals surface area contributed by atoms with Gasteiger partial charge in [-0.15, -0.1) is 5.92 Å². The minimum absolute atomic E-state index is 0.447. The summed E-state index contributed by atoms with van der Waals surface area (Å²) in [6.45, 7) is 10.4. The molecule has 3 saturated carbocycles. The van der Waals surface area contributed by atoms with Gasteiger partial charge >= 0.3 is 0 Å². The van der Waals surface area contributed by atoms with Crippen molar-refractivity contribution in [3.8, 4) is 11.8 Å². The minimum Gasteiger partial charge on any atom is -0.378 e. The topological polar surface area (TPSA) is 20.2 Å². The SMILES string of the molecule is C=C1CCCC/C1=C/C=C1\CCCC2(C)C(CCC#CC(C)(C)O)CCC12. The first-order valence-corrected chi connectivity index (χ1v) is 11.1. The van der Waals surface area contributed by atoms with Crippen LogP contribution in [0.2, 0.25) is 0 Å². The molecule has 1 heteroatoms. The molecule has 3 atom stereocenters. The van der Waals surface area contributed by atoms with Gasteiger partial charge in [0.25, 0.3) is 0 Å². The Kier molecular flexibility index (Phi) is 6.37. The highest BCUT2D eigenvalue weighted by molar-refractivity contribution is 5.35. The summed E-state index contributed by atoms with van der Waals surface area (Å²) in [5.41, 5.74) is 4.14. The van der Waals surface area contributed by atoms with E-state index in [-0.39, 0.29) is 0 Å². The smallest absolute Gasteiger partial charge is 0.119 e. The lowest BCUT2D eigenvalue weighted by molar-refractivity contribution is 0.130. The molecule has 0 aromatic heterocycles. The maximum atomic E-state index is 9.77. The summed E-state index contributed by atoms with van der Waals surface area (Å²) in [5, 5.41) is 9.77. The van der Waals surface area contributed by atoms with Crippen LogP contribution in [0.15, 0.2) is 35.5 Å². The van der Waals surface area contributed by atoms with Crippen molar-refractivity contribution in [2.24, 2.45) is 17.3 Å². The molecule has 0 spiro atoms. The molecule has 3 rings (SSSR count). The molecule has 3 aliphatic rings. The quantitative estimate of drug-likeness (QED) is 0.548. The molecule has 1 N–H and O–H groups in total. The summed E-state index contributed by atoms with van der Waals surface area (Å²) in [6.07, 6.45) is 18.7. The maximum Gasteiger partial charge on any atom is 0.119 e. The lowest BCUT2D eigenvalue weighted by atomic mass is 9.62. The molecule has 0 heterocycles. The highest BCUT2D eigenvalue weighted by Crippen LogP contribution is 2.58. The second-order valence-corrected chi connectivity index (χ2v) is 9.83. The van der Waals surface area contributed by atoms with Gasteiger partial charge in [-0.1, -0.05) is 42.7 Å². The Balaban J connectivity index is 1.68. The van der Waals surface area contributed by atoms with Gasteiger partial charge in [0.1, 0.15) is 5.60 Å². The Labute approximate surface area is 167 Å². The van der Waals surface area contributed by atoms with Crippen molar-refractivity contribution in [2.75, 3.05) is 0 Å². The number of rotatable bonds is 3. The van der Waals surface area contributed by atoms with Gasteiger partial charge in [-0.2, -0.15) is 0 Å². The van der Waals surface area contributed by atoms with E-state index in [1.807, 2.05) is 0 Å². The molecular weight excluding hydrogens is 328 g/mol. The van der Waals surface area contributed by atoms with Gasteiger partial charge in [-0.3, -0.25) is 0 Å². The first-order valence-electron chi connectivity index (χ1n) is 11.1. The Hall–Kier alpha value is -1.26. The first kappa shape index (κ1) is 20.5. The van der Waals surface area contributed by atoms with Crippen LogP contribution in [-0.4, -0.2) is 10.7 Å². The monoisotopic (exact) mass is 366 g/mol. The standard InChI is InChI=1S/C26H38O/c1-20-10-5-6-11-21(20)14-15-22-12-9-19-26(4)23(16-17-24(22)26)13-7-8-18-25(2,3)27/h14-15,23-24,27H,1,5-7,9-13,16-17,19H2,2-4H3/b21-14-,22-15+. The van der Waals surface area contributed by atoms with Crippen LogP contribution >= 0.6 is 0 Å². The largest absolute Gasteiger partial charge is 0.378 e.